The SMILES string of the molecule is NS(=O)(=O)Nc1cccc(NCc2ccc(Br)o2)c1. The fourth-order valence-corrected chi connectivity index (χ4v) is 2.29. The summed E-state index contributed by atoms with van der Waals surface area (Å²) in [7, 11) is -3.76. The van der Waals surface area contributed by atoms with Gasteiger partial charge in [0.2, 0.25) is 0 Å². The number of nitrogens with one attached hydrogen (secondary N) is 2. The maximum atomic E-state index is 10.9. The number of anilines is 2. The van der Waals surface area contributed by atoms with E-state index in [-0.39, 0.29) is 0 Å². The molecular formula is C11H12BrN3O3S. The Kier molecular flexibility index (Phi) is 4.13. The highest BCUT2D eigenvalue weighted by Crippen LogP contribution is 2.18. The lowest BCUT2D eigenvalue weighted by molar-refractivity contribution is 0.495. The standard InChI is InChI=1S/C11H12BrN3O3S/c12-11-5-4-10(18-11)7-14-8-2-1-3-9(6-8)15-19(13,16)17/h1-6,14-15H,7H2,(H2,13,16,17). The lowest BCUT2D eigenvalue weighted by Gasteiger charge is -2.08. The fraction of sp³-hybridized carbons (Fsp3) is 0.0909. The van der Waals surface area contributed by atoms with Crippen molar-refractivity contribution in [3.05, 3.63) is 46.8 Å². The molecule has 0 aliphatic heterocycles. The van der Waals surface area contributed by atoms with Gasteiger partial charge in [-0.05, 0) is 46.3 Å². The first kappa shape index (κ1) is 13.9. The predicted octanol–water partition coefficient (Wildman–Crippen LogP) is 2.27. The van der Waals surface area contributed by atoms with Gasteiger partial charge in [-0.3, -0.25) is 4.72 Å². The van der Waals surface area contributed by atoms with Gasteiger partial charge in [-0.2, -0.15) is 8.42 Å². The Morgan fingerprint density at radius 1 is 1.21 bits per heavy atom. The number of hydrogen-bond donors (Lipinski definition) is 3. The van der Waals surface area contributed by atoms with Crippen LogP contribution in [0.1, 0.15) is 5.76 Å². The summed E-state index contributed by atoms with van der Waals surface area (Å²) >= 11 is 3.22. The lowest BCUT2D eigenvalue weighted by Crippen LogP contribution is -2.21. The van der Waals surface area contributed by atoms with Gasteiger partial charge in [0.1, 0.15) is 5.76 Å². The molecule has 0 fully saturated rings. The molecule has 0 spiro atoms. The van der Waals surface area contributed by atoms with Gasteiger partial charge in [-0.15, -0.1) is 0 Å². The van der Waals surface area contributed by atoms with Crippen molar-refractivity contribution in [2.45, 2.75) is 6.54 Å². The van der Waals surface area contributed by atoms with Crippen LogP contribution in [0.3, 0.4) is 0 Å². The van der Waals surface area contributed by atoms with Crippen molar-refractivity contribution in [2.24, 2.45) is 5.14 Å². The van der Waals surface area contributed by atoms with Crippen LogP contribution in [0.25, 0.3) is 0 Å². The van der Waals surface area contributed by atoms with Gasteiger partial charge in [0, 0.05) is 5.69 Å². The molecule has 0 saturated heterocycles. The third kappa shape index (κ3) is 4.58. The average molecular weight is 346 g/mol. The predicted molar refractivity (Wildman–Crippen MR) is 76.9 cm³/mol. The van der Waals surface area contributed by atoms with Crippen LogP contribution >= 0.6 is 15.9 Å². The molecule has 4 N–H and O–H groups in total. The number of furan rings is 1. The highest BCUT2D eigenvalue weighted by atomic mass is 79.9. The zero-order valence-electron chi connectivity index (χ0n) is 9.76. The van der Waals surface area contributed by atoms with Crippen molar-refractivity contribution in [3.63, 3.8) is 0 Å². The summed E-state index contributed by atoms with van der Waals surface area (Å²) in [5.74, 6) is 0.761. The molecule has 19 heavy (non-hydrogen) atoms. The van der Waals surface area contributed by atoms with Crippen LogP contribution in [-0.2, 0) is 16.8 Å². The van der Waals surface area contributed by atoms with Crippen LogP contribution in [0.4, 0.5) is 11.4 Å². The molecule has 0 saturated carbocycles. The van der Waals surface area contributed by atoms with Crippen LogP contribution in [0.15, 0.2) is 45.5 Å². The summed E-state index contributed by atoms with van der Waals surface area (Å²) in [6.07, 6.45) is 0. The monoisotopic (exact) mass is 345 g/mol. The summed E-state index contributed by atoms with van der Waals surface area (Å²) in [5.41, 5.74) is 1.15. The number of hydrogen-bond acceptors (Lipinski definition) is 4. The van der Waals surface area contributed by atoms with Crippen LogP contribution in [0.2, 0.25) is 0 Å². The number of benzene rings is 1. The van der Waals surface area contributed by atoms with Gasteiger partial charge >= 0.3 is 0 Å². The molecule has 1 aromatic heterocycles. The summed E-state index contributed by atoms with van der Waals surface area (Å²) in [6.45, 7) is 0.491. The maximum absolute atomic E-state index is 10.9. The normalized spacial score (nSPS) is 11.3. The highest BCUT2D eigenvalue weighted by Gasteiger charge is 2.03. The van der Waals surface area contributed by atoms with Crippen LogP contribution in [0.5, 0.6) is 0 Å². The van der Waals surface area contributed by atoms with Gasteiger partial charge in [0.05, 0.1) is 12.2 Å². The third-order valence-electron chi connectivity index (χ3n) is 2.22. The second-order valence-electron chi connectivity index (χ2n) is 3.79. The minimum Gasteiger partial charge on any atom is -0.452 e. The molecule has 0 amide bonds. The van der Waals surface area contributed by atoms with Gasteiger partial charge in [0.15, 0.2) is 4.67 Å². The topological polar surface area (TPSA) is 97.4 Å². The lowest BCUT2D eigenvalue weighted by atomic mass is 10.3. The van der Waals surface area contributed by atoms with Gasteiger partial charge in [0.25, 0.3) is 10.2 Å². The fourth-order valence-electron chi connectivity index (χ4n) is 1.49. The Hall–Kier alpha value is -1.51. The van der Waals surface area contributed by atoms with Gasteiger partial charge in [-0.1, -0.05) is 6.07 Å². The molecule has 0 atom stereocenters. The Morgan fingerprint density at radius 2 is 1.95 bits per heavy atom. The van der Waals surface area contributed by atoms with E-state index in [1.54, 1.807) is 24.3 Å². The van der Waals surface area contributed by atoms with Crippen molar-refractivity contribution in [1.82, 2.24) is 0 Å². The van der Waals surface area contributed by atoms with Crippen molar-refractivity contribution < 1.29 is 12.8 Å². The molecule has 0 aliphatic carbocycles. The Bertz CT molecular complexity index is 669. The molecule has 0 unspecified atom stereocenters. The van der Waals surface area contributed by atoms with Gasteiger partial charge in [-0.25, -0.2) is 5.14 Å². The Labute approximate surface area is 119 Å². The summed E-state index contributed by atoms with van der Waals surface area (Å²) < 4.78 is 30.0. The van der Waals surface area contributed by atoms with E-state index in [4.69, 9.17) is 9.56 Å². The smallest absolute Gasteiger partial charge is 0.296 e. The van der Waals surface area contributed by atoms with Crippen molar-refractivity contribution in [1.29, 1.82) is 0 Å². The van der Waals surface area contributed by atoms with Crippen LogP contribution < -0.4 is 15.2 Å². The van der Waals surface area contributed by atoms with E-state index in [0.29, 0.717) is 16.9 Å². The molecule has 0 radical (unpaired) electrons. The van der Waals surface area contributed by atoms with Crippen LogP contribution in [-0.4, -0.2) is 8.42 Å². The largest absolute Gasteiger partial charge is 0.452 e. The number of rotatable bonds is 5. The zero-order valence-corrected chi connectivity index (χ0v) is 12.2. The average Bonchev–Trinajstić information content (AvgIpc) is 2.71. The highest BCUT2D eigenvalue weighted by molar-refractivity contribution is 9.10. The van der Waals surface area contributed by atoms with Crippen molar-refractivity contribution in [3.8, 4) is 0 Å². The van der Waals surface area contributed by atoms with Crippen molar-refractivity contribution in [2.75, 3.05) is 10.0 Å². The number of nitrogens with two attached hydrogens (primary N) is 1. The minimum absolute atomic E-state index is 0.396. The second-order valence-corrected chi connectivity index (χ2v) is 5.86. The van der Waals surface area contributed by atoms with E-state index in [9.17, 15) is 8.42 Å². The van der Waals surface area contributed by atoms with Crippen molar-refractivity contribution >= 4 is 37.5 Å². The quantitative estimate of drug-likeness (QED) is 0.774. The Balaban J connectivity index is 2.03. The Morgan fingerprint density at radius 3 is 2.58 bits per heavy atom. The van der Waals surface area contributed by atoms with E-state index in [1.165, 1.54) is 0 Å². The molecule has 1 aromatic carbocycles. The molecule has 0 aliphatic rings. The molecule has 1 heterocycles. The summed E-state index contributed by atoms with van der Waals surface area (Å²) in [6, 6.07) is 10.4. The molecule has 6 nitrogen and oxygen atoms in total. The second kappa shape index (κ2) is 5.64. The third-order valence-corrected chi connectivity index (χ3v) is 3.16. The minimum atomic E-state index is -3.76. The molecule has 102 valence electrons. The molecule has 2 aromatic rings. The molecular weight excluding hydrogens is 334 g/mol. The van der Waals surface area contributed by atoms with Crippen LogP contribution in [0, 0.1) is 0 Å². The first-order chi connectivity index (χ1) is 8.92. The zero-order chi connectivity index (χ0) is 13.9. The van der Waals surface area contributed by atoms with E-state index in [0.717, 1.165) is 11.4 Å². The van der Waals surface area contributed by atoms with E-state index in [2.05, 4.69) is 26.0 Å². The van der Waals surface area contributed by atoms with E-state index < -0.39 is 10.2 Å². The summed E-state index contributed by atoms with van der Waals surface area (Å²) in [4.78, 5) is 0. The molecule has 8 heteroatoms. The first-order valence-corrected chi connectivity index (χ1v) is 7.65. The molecule has 2 rings (SSSR count). The molecule has 0 bridgehead atoms. The van der Waals surface area contributed by atoms with Gasteiger partial charge < -0.3 is 9.73 Å². The maximum Gasteiger partial charge on any atom is 0.296 e. The van der Waals surface area contributed by atoms with E-state index in [1.807, 2.05) is 12.1 Å². The first-order valence-electron chi connectivity index (χ1n) is 5.31. The van der Waals surface area contributed by atoms with E-state index >= 15 is 0 Å². The number of halogens is 1. The summed E-state index contributed by atoms with van der Waals surface area (Å²) in [5, 5.41) is 8.02.